The first kappa shape index (κ1) is 14.9. The Morgan fingerprint density at radius 1 is 1.50 bits per heavy atom. The quantitative estimate of drug-likeness (QED) is 0.896. The minimum atomic E-state index is -0.603. The molecule has 0 atom stereocenters. The van der Waals surface area contributed by atoms with Crippen LogP contribution in [0.25, 0.3) is 0 Å². The number of halogens is 2. The van der Waals surface area contributed by atoms with Gasteiger partial charge in [0.2, 0.25) is 0 Å². The average Bonchev–Trinajstić information content (AvgIpc) is 2.32. The van der Waals surface area contributed by atoms with E-state index in [0.29, 0.717) is 13.0 Å². The van der Waals surface area contributed by atoms with Crippen molar-refractivity contribution >= 4 is 17.5 Å². The van der Waals surface area contributed by atoms with Crippen molar-refractivity contribution in [1.29, 1.82) is 0 Å². The minimum absolute atomic E-state index is 0.00732. The normalized spacial score (nSPS) is 10.8. The summed E-state index contributed by atoms with van der Waals surface area (Å²) in [7, 11) is 0. The van der Waals surface area contributed by atoms with E-state index in [4.69, 9.17) is 16.7 Å². The summed E-state index contributed by atoms with van der Waals surface area (Å²) in [5.41, 5.74) is 0.156. The lowest BCUT2D eigenvalue weighted by Gasteiger charge is -2.27. The fourth-order valence-electron chi connectivity index (χ4n) is 1.66. The molecule has 0 aromatic heterocycles. The number of rotatable bonds is 5. The van der Waals surface area contributed by atoms with E-state index in [9.17, 15) is 9.18 Å². The van der Waals surface area contributed by atoms with Crippen LogP contribution in [0.4, 0.5) is 4.39 Å². The van der Waals surface area contributed by atoms with Gasteiger partial charge >= 0.3 is 0 Å². The molecule has 0 aliphatic carbocycles. The number of carbonyl (C=O) groups excluding carboxylic acids is 1. The fraction of sp³-hybridized carbons (Fsp3) is 0.462. The van der Waals surface area contributed by atoms with Crippen LogP contribution in [0.5, 0.6) is 0 Å². The Morgan fingerprint density at radius 3 is 2.72 bits per heavy atom. The Bertz CT molecular complexity index is 423. The molecule has 1 aromatic rings. The van der Waals surface area contributed by atoms with Crippen LogP contribution < -0.4 is 0 Å². The van der Waals surface area contributed by atoms with Gasteiger partial charge in [0.25, 0.3) is 5.91 Å². The minimum Gasteiger partial charge on any atom is -0.396 e. The van der Waals surface area contributed by atoms with Crippen molar-refractivity contribution in [3.05, 3.63) is 34.6 Å². The average molecular weight is 274 g/mol. The number of amides is 1. The van der Waals surface area contributed by atoms with E-state index in [1.54, 1.807) is 4.90 Å². The van der Waals surface area contributed by atoms with Crippen molar-refractivity contribution in [2.75, 3.05) is 13.2 Å². The van der Waals surface area contributed by atoms with E-state index < -0.39 is 5.82 Å². The van der Waals surface area contributed by atoms with Gasteiger partial charge in [0.1, 0.15) is 5.82 Å². The van der Waals surface area contributed by atoms with Gasteiger partial charge in [-0.1, -0.05) is 17.7 Å². The summed E-state index contributed by atoms with van der Waals surface area (Å²) in [4.78, 5) is 13.8. The summed E-state index contributed by atoms with van der Waals surface area (Å²) < 4.78 is 13.3. The molecule has 18 heavy (non-hydrogen) atoms. The third kappa shape index (κ3) is 3.43. The van der Waals surface area contributed by atoms with E-state index in [1.807, 2.05) is 13.8 Å². The molecule has 1 rings (SSSR count). The first-order valence-corrected chi connectivity index (χ1v) is 6.22. The van der Waals surface area contributed by atoms with Gasteiger partial charge in [-0.3, -0.25) is 4.79 Å². The maximum atomic E-state index is 13.3. The Morgan fingerprint density at radius 2 is 2.17 bits per heavy atom. The lowest BCUT2D eigenvalue weighted by atomic mass is 10.1. The third-order valence-electron chi connectivity index (χ3n) is 2.62. The first-order valence-electron chi connectivity index (χ1n) is 5.85. The molecule has 1 N–H and O–H groups in total. The lowest BCUT2D eigenvalue weighted by molar-refractivity contribution is 0.0693. The molecular weight excluding hydrogens is 257 g/mol. The molecule has 0 fully saturated rings. The fourth-order valence-corrected chi connectivity index (χ4v) is 1.87. The summed E-state index contributed by atoms with van der Waals surface area (Å²) >= 11 is 5.80. The van der Waals surface area contributed by atoms with Crippen molar-refractivity contribution in [1.82, 2.24) is 4.90 Å². The maximum absolute atomic E-state index is 13.3. The SMILES string of the molecule is CC(C)N(CCCO)C(=O)c1cccc(F)c1Cl. The predicted molar refractivity (Wildman–Crippen MR) is 69.3 cm³/mol. The van der Waals surface area contributed by atoms with Crippen LogP contribution in [0.1, 0.15) is 30.6 Å². The highest BCUT2D eigenvalue weighted by atomic mass is 35.5. The summed E-state index contributed by atoms with van der Waals surface area (Å²) in [6.07, 6.45) is 0.483. The van der Waals surface area contributed by atoms with Crippen LogP contribution >= 0.6 is 11.6 Å². The van der Waals surface area contributed by atoms with Gasteiger partial charge in [-0.05, 0) is 32.4 Å². The van der Waals surface area contributed by atoms with Crippen LogP contribution in [0, 0.1) is 5.82 Å². The molecule has 5 heteroatoms. The highest BCUT2D eigenvalue weighted by Crippen LogP contribution is 2.22. The molecule has 0 heterocycles. The molecule has 0 saturated carbocycles. The molecule has 0 radical (unpaired) electrons. The molecule has 0 aliphatic heterocycles. The van der Waals surface area contributed by atoms with Gasteiger partial charge in [0.05, 0.1) is 10.6 Å². The second-order valence-electron chi connectivity index (χ2n) is 4.27. The Hall–Kier alpha value is -1.13. The van der Waals surface area contributed by atoms with E-state index in [1.165, 1.54) is 18.2 Å². The van der Waals surface area contributed by atoms with Gasteiger partial charge in [0.15, 0.2) is 0 Å². The van der Waals surface area contributed by atoms with Crippen LogP contribution in [0.3, 0.4) is 0 Å². The number of nitrogens with zero attached hydrogens (tertiary/aromatic N) is 1. The topological polar surface area (TPSA) is 40.5 Å². The van der Waals surface area contributed by atoms with Crippen molar-refractivity contribution in [2.45, 2.75) is 26.3 Å². The molecule has 0 bridgehead atoms. The summed E-state index contributed by atoms with van der Waals surface area (Å²) in [6.45, 7) is 4.15. The molecule has 0 aliphatic rings. The van der Waals surface area contributed by atoms with Crippen LogP contribution in [-0.4, -0.2) is 35.1 Å². The number of carbonyl (C=O) groups is 1. The largest absolute Gasteiger partial charge is 0.396 e. The molecule has 3 nitrogen and oxygen atoms in total. The van der Waals surface area contributed by atoms with Gasteiger partial charge in [-0.25, -0.2) is 4.39 Å². The van der Waals surface area contributed by atoms with Crippen LogP contribution in [-0.2, 0) is 0 Å². The zero-order valence-electron chi connectivity index (χ0n) is 10.5. The predicted octanol–water partition coefficient (Wildman–Crippen LogP) is 2.71. The summed E-state index contributed by atoms with van der Waals surface area (Å²) in [5, 5.41) is 8.67. The zero-order valence-corrected chi connectivity index (χ0v) is 11.2. The van der Waals surface area contributed by atoms with Gasteiger partial charge in [0, 0.05) is 19.2 Å². The van der Waals surface area contributed by atoms with Crippen molar-refractivity contribution in [3.63, 3.8) is 0 Å². The van der Waals surface area contributed by atoms with Crippen LogP contribution in [0.2, 0.25) is 5.02 Å². The molecule has 1 aromatic carbocycles. The van der Waals surface area contributed by atoms with E-state index in [0.717, 1.165) is 0 Å². The Labute approximate surface area is 111 Å². The van der Waals surface area contributed by atoms with Crippen molar-refractivity contribution in [3.8, 4) is 0 Å². The Balaban J connectivity index is 2.98. The second-order valence-corrected chi connectivity index (χ2v) is 4.65. The van der Waals surface area contributed by atoms with E-state index in [-0.39, 0.29) is 29.1 Å². The van der Waals surface area contributed by atoms with E-state index >= 15 is 0 Å². The Kier molecular flexibility index (Phi) is 5.56. The van der Waals surface area contributed by atoms with Crippen molar-refractivity contribution in [2.24, 2.45) is 0 Å². The van der Waals surface area contributed by atoms with Crippen LogP contribution in [0.15, 0.2) is 18.2 Å². The number of aliphatic hydroxyl groups excluding tert-OH is 1. The molecule has 0 saturated heterocycles. The number of hydrogen-bond donors (Lipinski definition) is 1. The highest BCUT2D eigenvalue weighted by Gasteiger charge is 2.21. The zero-order chi connectivity index (χ0) is 13.7. The number of benzene rings is 1. The number of aliphatic hydroxyl groups is 1. The first-order chi connectivity index (χ1) is 8.49. The molecule has 100 valence electrons. The maximum Gasteiger partial charge on any atom is 0.255 e. The smallest absolute Gasteiger partial charge is 0.255 e. The lowest BCUT2D eigenvalue weighted by Crippen LogP contribution is -2.38. The highest BCUT2D eigenvalue weighted by molar-refractivity contribution is 6.34. The van der Waals surface area contributed by atoms with Gasteiger partial charge < -0.3 is 10.0 Å². The third-order valence-corrected chi connectivity index (χ3v) is 3.01. The molecule has 0 unspecified atom stereocenters. The van der Waals surface area contributed by atoms with Gasteiger partial charge in [-0.2, -0.15) is 0 Å². The summed E-state index contributed by atoms with van der Waals surface area (Å²) in [5.74, 6) is -0.920. The second kappa shape index (κ2) is 6.71. The monoisotopic (exact) mass is 273 g/mol. The molecular formula is C13H17ClFNO2. The molecule has 0 spiro atoms. The number of hydrogen-bond acceptors (Lipinski definition) is 2. The van der Waals surface area contributed by atoms with Crippen molar-refractivity contribution < 1.29 is 14.3 Å². The van der Waals surface area contributed by atoms with Gasteiger partial charge in [-0.15, -0.1) is 0 Å². The molecule has 1 amide bonds. The summed E-state index contributed by atoms with van der Waals surface area (Å²) in [6, 6.07) is 4.14. The standard InChI is InChI=1S/C13H17ClFNO2/c1-9(2)16(7-4-8-17)13(18)10-5-3-6-11(15)12(10)14/h3,5-6,9,17H,4,7-8H2,1-2H3. The van der Waals surface area contributed by atoms with E-state index in [2.05, 4.69) is 0 Å².